The van der Waals surface area contributed by atoms with Crippen LogP contribution in [0.5, 0.6) is 0 Å². The SMILES string of the molecule is C=C.CCCCCC.CCCCCCC. The summed E-state index contributed by atoms with van der Waals surface area (Å²) in [6, 6.07) is 0. The van der Waals surface area contributed by atoms with Crippen molar-refractivity contribution in [2.24, 2.45) is 0 Å². The lowest BCUT2D eigenvalue weighted by atomic mass is 10.2. The molecule has 0 aromatic rings. The van der Waals surface area contributed by atoms with Gasteiger partial charge in [0.15, 0.2) is 0 Å². The number of hydrogen-bond acceptors (Lipinski definition) is 0. The molecule has 0 aromatic heterocycles. The summed E-state index contributed by atoms with van der Waals surface area (Å²) < 4.78 is 0. The average Bonchev–Trinajstić information content (AvgIpc) is 2.31. The van der Waals surface area contributed by atoms with E-state index in [2.05, 4.69) is 40.9 Å². The molecule has 94 valence electrons. The van der Waals surface area contributed by atoms with Gasteiger partial charge in [0.2, 0.25) is 0 Å². The first-order valence-electron chi connectivity index (χ1n) is 6.83. The van der Waals surface area contributed by atoms with Gasteiger partial charge in [-0.2, -0.15) is 0 Å². The molecule has 0 rings (SSSR count). The van der Waals surface area contributed by atoms with Crippen molar-refractivity contribution in [1.82, 2.24) is 0 Å². The first-order valence-corrected chi connectivity index (χ1v) is 6.83. The summed E-state index contributed by atoms with van der Waals surface area (Å²) in [6.07, 6.45) is 12.5. The molecule has 0 aliphatic heterocycles. The van der Waals surface area contributed by atoms with Gasteiger partial charge in [0, 0.05) is 0 Å². The van der Waals surface area contributed by atoms with Crippen LogP contribution in [0.25, 0.3) is 0 Å². The van der Waals surface area contributed by atoms with Crippen LogP contribution in [0.3, 0.4) is 0 Å². The molecule has 0 bridgehead atoms. The molecular weight excluding hydrogens is 180 g/mol. The average molecular weight is 214 g/mol. The maximum absolute atomic E-state index is 3.00. The predicted octanol–water partition coefficient (Wildman–Crippen LogP) is 6.37. The summed E-state index contributed by atoms with van der Waals surface area (Å²) in [5, 5.41) is 0. The molecule has 0 spiro atoms. The van der Waals surface area contributed by atoms with E-state index >= 15 is 0 Å². The van der Waals surface area contributed by atoms with Crippen LogP contribution in [0, 0.1) is 0 Å². The minimum Gasteiger partial charge on any atom is -0.106 e. The highest BCUT2D eigenvalue weighted by molar-refractivity contribution is 4.36. The molecule has 0 aromatic carbocycles. The Morgan fingerprint density at radius 2 is 0.667 bits per heavy atom. The summed E-state index contributed by atoms with van der Waals surface area (Å²) in [5.41, 5.74) is 0. The Morgan fingerprint density at radius 1 is 0.467 bits per heavy atom. The highest BCUT2D eigenvalue weighted by Gasteiger charge is 1.80. The van der Waals surface area contributed by atoms with Crippen LogP contribution in [0.4, 0.5) is 0 Å². The van der Waals surface area contributed by atoms with Crippen molar-refractivity contribution in [1.29, 1.82) is 0 Å². The van der Waals surface area contributed by atoms with Crippen molar-refractivity contribution < 1.29 is 0 Å². The normalized spacial score (nSPS) is 8.27. The highest BCUT2D eigenvalue weighted by Crippen LogP contribution is 2.00. The molecule has 0 radical (unpaired) electrons. The Morgan fingerprint density at radius 3 is 0.867 bits per heavy atom. The monoisotopic (exact) mass is 214 g/mol. The molecule has 0 saturated heterocycles. The molecule has 0 heteroatoms. The van der Waals surface area contributed by atoms with Crippen molar-refractivity contribution in [2.45, 2.75) is 85.5 Å². The van der Waals surface area contributed by atoms with Crippen molar-refractivity contribution in [2.75, 3.05) is 0 Å². The van der Waals surface area contributed by atoms with Crippen LogP contribution in [-0.4, -0.2) is 0 Å². The lowest BCUT2D eigenvalue weighted by Gasteiger charge is -1.90. The number of rotatable bonds is 7. The zero-order valence-electron chi connectivity index (χ0n) is 11.8. The van der Waals surface area contributed by atoms with Gasteiger partial charge in [-0.15, -0.1) is 13.2 Å². The lowest BCUT2D eigenvalue weighted by molar-refractivity contribution is 0.656. The Kier molecular flexibility index (Phi) is 39.3. The van der Waals surface area contributed by atoms with Crippen molar-refractivity contribution >= 4 is 0 Å². The van der Waals surface area contributed by atoms with E-state index in [1.807, 2.05) is 0 Å². The minimum absolute atomic E-state index is 1.36. The summed E-state index contributed by atoms with van der Waals surface area (Å²) in [4.78, 5) is 0. The Balaban J connectivity index is -0.000000166. The zero-order chi connectivity index (χ0) is 12.4. The molecule has 0 aliphatic rings. The maximum atomic E-state index is 3.00. The second kappa shape index (κ2) is 29.2. The van der Waals surface area contributed by atoms with Gasteiger partial charge >= 0.3 is 0 Å². The van der Waals surface area contributed by atoms with Crippen LogP contribution in [0.1, 0.15) is 85.5 Å². The fourth-order valence-corrected chi connectivity index (χ4v) is 1.18. The standard InChI is InChI=1S/C7H16.C6H14.C2H4/c1-3-5-7-6-4-2;1-3-5-6-4-2;1-2/h3-7H2,1-2H3;3-6H2,1-2H3;1-2H2. The van der Waals surface area contributed by atoms with Gasteiger partial charge in [0.1, 0.15) is 0 Å². The van der Waals surface area contributed by atoms with E-state index in [0.29, 0.717) is 0 Å². The predicted molar refractivity (Wildman–Crippen MR) is 75.5 cm³/mol. The van der Waals surface area contributed by atoms with E-state index in [1.54, 1.807) is 0 Å². The minimum atomic E-state index is 1.36. The van der Waals surface area contributed by atoms with Crippen LogP contribution in [0.15, 0.2) is 13.2 Å². The topological polar surface area (TPSA) is 0 Å². The Hall–Kier alpha value is -0.260. The Bertz CT molecular complexity index is 58.4. The molecule has 0 atom stereocenters. The third-order valence-electron chi connectivity index (χ3n) is 2.16. The summed E-state index contributed by atoms with van der Waals surface area (Å²) in [7, 11) is 0. The van der Waals surface area contributed by atoms with E-state index in [1.165, 1.54) is 57.8 Å². The Labute approximate surface area is 99.2 Å². The quantitative estimate of drug-likeness (QED) is 0.341. The lowest BCUT2D eigenvalue weighted by Crippen LogP contribution is -1.70. The summed E-state index contributed by atoms with van der Waals surface area (Å²) in [6.45, 7) is 15.0. The van der Waals surface area contributed by atoms with E-state index in [4.69, 9.17) is 0 Å². The second-order valence-electron chi connectivity index (χ2n) is 3.77. The first kappa shape index (κ1) is 20.2. The molecule has 0 N–H and O–H groups in total. The zero-order valence-corrected chi connectivity index (χ0v) is 11.8. The van der Waals surface area contributed by atoms with E-state index in [9.17, 15) is 0 Å². The van der Waals surface area contributed by atoms with Crippen LogP contribution in [-0.2, 0) is 0 Å². The molecular formula is C15H34. The molecule has 0 amide bonds. The highest BCUT2D eigenvalue weighted by atomic mass is 13.9. The van der Waals surface area contributed by atoms with Gasteiger partial charge in [-0.3, -0.25) is 0 Å². The molecule has 0 fully saturated rings. The molecule has 0 nitrogen and oxygen atoms in total. The first-order chi connectivity index (χ1) is 7.33. The smallest absolute Gasteiger partial charge is 0.0533 e. The molecule has 15 heavy (non-hydrogen) atoms. The van der Waals surface area contributed by atoms with Crippen molar-refractivity contribution in [3.63, 3.8) is 0 Å². The van der Waals surface area contributed by atoms with E-state index < -0.39 is 0 Å². The van der Waals surface area contributed by atoms with Gasteiger partial charge in [-0.05, 0) is 0 Å². The van der Waals surface area contributed by atoms with Gasteiger partial charge in [-0.1, -0.05) is 85.5 Å². The van der Waals surface area contributed by atoms with Crippen LogP contribution in [0.2, 0.25) is 0 Å². The number of hydrogen-bond donors (Lipinski definition) is 0. The fourth-order valence-electron chi connectivity index (χ4n) is 1.18. The van der Waals surface area contributed by atoms with Gasteiger partial charge in [-0.25, -0.2) is 0 Å². The van der Waals surface area contributed by atoms with Crippen LogP contribution >= 0.6 is 0 Å². The van der Waals surface area contributed by atoms with Crippen molar-refractivity contribution in [3.8, 4) is 0 Å². The third kappa shape index (κ3) is 41.7. The fraction of sp³-hybridized carbons (Fsp3) is 0.867. The molecule has 0 aliphatic carbocycles. The molecule has 0 unspecified atom stereocenters. The maximum Gasteiger partial charge on any atom is -0.0533 e. The number of unbranched alkanes of at least 4 members (excludes halogenated alkanes) is 7. The summed E-state index contributed by atoms with van der Waals surface area (Å²) >= 11 is 0. The third-order valence-corrected chi connectivity index (χ3v) is 2.16. The second-order valence-corrected chi connectivity index (χ2v) is 3.77. The van der Waals surface area contributed by atoms with Crippen LogP contribution < -0.4 is 0 Å². The summed E-state index contributed by atoms with van der Waals surface area (Å²) in [5.74, 6) is 0. The van der Waals surface area contributed by atoms with E-state index in [0.717, 1.165) is 0 Å². The van der Waals surface area contributed by atoms with Gasteiger partial charge in [0.25, 0.3) is 0 Å². The van der Waals surface area contributed by atoms with Gasteiger partial charge in [0.05, 0.1) is 0 Å². The van der Waals surface area contributed by atoms with Crippen molar-refractivity contribution in [3.05, 3.63) is 13.2 Å². The largest absolute Gasteiger partial charge is 0.106 e. The van der Waals surface area contributed by atoms with E-state index in [-0.39, 0.29) is 0 Å². The molecule has 0 saturated carbocycles. The van der Waals surface area contributed by atoms with Gasteiger partial charge < -0.3 is 0 Å². The molecule has 0 heterocycles.